The van der Waals surface area contributed by atoms with Gasteiger partial charge in [-0.2, -0.15) is 0 Å². The molecule has 0 aromatic heterocycles. The number of aryl methyl sites for hydroxylation is 1. The van der Waals surface area contributed by atoms with E-state index < -0.39 is 10.9 Å². The van der Waals surface area contributed by atoms with Crippen LogP contribution < -0.4 is 4.90 Å². The highest BCUT2D eigenvalue weighted by atomic mass is 16.6. The highest BCUT2D eigenvalue weighted by molar-refractivity contribution is 5.76. The van der Waals surface area contributed by atoms with Crippen LogP contribution in [0.4, 0.5) is 11.4 Å². The molecule has 0 heterocycles. The Hall–Kier alpha value is -2.11. The molecule has 1 aromatic carbocycles. The fourth-order valence-corrected chi connectivity index (χ4v) is 1.89. The number of nitrogens with zero attached hydrogens (tertiary/aromatic N) is 2. The van der Waals surface area contributed by atoms with Crippen LogP contribution in [0.3, 0.4) is 0 Å². The van der Waals surface area contributed by atoms with E-state index in [9.17, 15) is 14.9 Å². The molecule has 19 heavy (non-hydrogen) atoms. The van der Waals surface area contributed by atoms with Gasteiger partial charge >= 0.3 is 5.97 Å². The van der Waals surface area contributed by atoms with Crippen molar-refractivity contribution in [3.05, 3.63) is 33.9 Å². The number of anilines is 1. The van der Waals surface area contributed by atoms with E-state index in [-0.39, 0.29) is 18.2 Å². The number of aliphatic carboxylic acids is 1. The molecule has 0 fully saturated rings. The second-order valence-electron chi connectivity index (χ2n) is 4.92. The maximum atomic E-state index is 11.0. The van der Waals surface area contributed by atoms with Crippen molar-refractivity contribution in [2.24, 2.45) is 5.92 Å². The number of carbonyl (C=O) groups is 1. The van der Waals surface area contributed by atoms with Gasteiger partial charge in [0.15, 0.2) is 0 Å². The zero-order valence-electron chi connectivity index (χ0n) is 11.3. The molecule has 6 nitrogen and oxygen atoms in total. The number of hydrogen-bond donors (Lipinski definition) is 1. The highest BCUT2D eigenvalue weighted by Gasteiger charge is 2.21. The van der Waals surface area contributed by atoms with Crippen molar-refractivity contribution in [3.63, 3.8) is 0 Å². The first-order chi connectivity index (χ1) is 8.81. The number of carboxylic acid groups (broad SMARTS) is 1. The molecular weight excluding hydrogens is 248 g/mol. The maximum absolute atomic E-state index is 11.0. The lowest BCUT2D eigenvalue weighted by molar-refractivity contribution is -0.384. The topological polar surface area (TPSA) is 83.7 Å². The minimum atomic E-state index is -1.00. The summed E-state index contributed by atoms with van der Waals surface area (Å²) in [5, 5.41) is 20.0. The summed E-state index contributed by atoms with van der Waals surface area (Å²) in [7, 11) is 0. The van der Waals surface area contributed by atoms with E-state index in [1.54, 1.807) is 12.1 Å². The van der Waals surface area contributed by atoms with Gasteiger partial charge in [-0.15, -0.1) is 0 Å². The first kappa shape index (κ1) is 14.9. The molecule has 0 amide bonds. The van der Waals surface area contributed by atoms with E-state index in [1.807, 2.05) is 20.8 Å². The van der Waals surface area contributed by atoms with Gasteiger partial charge in [-0.05, 0) is 24.5 Å². The van der Waals surface area contributed by atoms with Gasteiger partial charge in [-0.1, -0.05) is 19.9 Å². The smallest absolute Gasteiger partial charge is 0.323 e. The van der Waals surface area contributed by atoms with Crippen molar-refractivity contribution >= 4 is 17.3 Å². The zero-order chi connectivity index (χ0) is 14.6. The molecule has 0 aliphatic carbocycles. The summed E-state index contributed by atoms with van der Waals surface area (Å²) in [6.07, 6.45) is 0. The second-order valence-corrected chi connectivity index (χ2v) is 4.92. The summed E-state index contributed by atoms with van der Waals surface area (Å²) >= 11 is 0. The Morgan fingerprint density at radius 1 is 1.47 bits per heavy atom. The molecule has 104 valence electrons. The predicted octanol–water partition coefficient (Wildman–Crippen LogP) is 2.45. The molecule has 6 heteroatoms. The average Bonchev–Trinajstić information content (AvgIpc) is 2.26. The summed E-state index contributed by atoms with van der Waals surface area (Å²) in [6.45, 7) is 5.91. The van der Waals surface area contributed by atoms with Crippen molar-refractivity contribution < 1.29 is 14.8 Å². The Balaban J connectivity index is 3.22. The number of rotatable bonds is 6. The van der Waals surface area contributed by atoms with Crippen LogP contribution in [0.2, 0.25) is 0 Å². The van der Waals surface area contributed by atoms with E-state index in [0.29, 0.717) is 12.2 Å². The van der Waals surface area contributed by atoms with Crippen molar-refractivity contribution in [2.45, 2.75) is 20.8 Å². The molecule has 0 unspecified atom stereocenters. The lowest BCUT2D eigenvalue weighted by Gasteiger charge is -2.24. The fourth-order valence-electron chi connectivity index (χ4n) is 1.89. The van der Waals surface area contributed by atoms with Gasteiger partial charge in [0.25, 0.3) is 5.69 Å². The Morgan fingerprint density at radius 3 is 2.58 bits per heavy atom. The maximum Gasteiger partial charge on any atom is 0.323 e. The van der Waals surface area contributed by atoms with Crippen LogP contribution in [-0.2, 0) is 4.79 Å². The standard InChI is InChI=1S/C13H18N2O4/c1-9(2)7-14(8-13(16)17)12-6-10(3)4-5-11(12)15(18)19/h4-6,9H,7-8H2,1-3H3,(H,16,17). The third kappa shape index (κ3) is 4.24. The quantitative estimate of drug-likeness (QED) is 0.631. The minimum Gasteiger partial charge on any atom is -0.480 e. The third-order valence-electron chi connectivity index (χ3n) is 2.58. The van der Waals surface area contributed by atoms with Crippen molar-refractivity contribution in [3.8, 4) is 0 Å². The largest absolute Gasteiger partial charge is 0.480 e. The van der Waals surface area contributed by atoms with Crippen molar-refractivity contribution in [1.82, 2.24) is 0 Å². The lowest BCUT2D eigenvalue weighted by Crippen LogP contribution is -2.33. The normalized spacial score (nSPS) is 10.5. The van der Waals surface area contributed by atoms with E-state index >= 15 is 0 Å². The van der Waals surface area contributed by atoms with Crippen LogP contribution >= 0.6 is 0 Å². The molecule has 0 atom stereocenters. The Kier molecular flexibility index (Phi) is 4.86. The lowest BCUT2D eigenvalue weighted by atomic mass is 10.1. The summed E-state index contributed by atoms with van der Waals surface area (Å²) in [6, 6.07) is 4.72. The first-order valence-corrected chi connectivity index (χ1v) is 6.03. The summed E-state index contributed by atoms with van der Waals surface area (Å²) < 4.78 is 0. The van der Waals surface area contributed by atoms with Crippen LogP contribution in [0.1, 0.15) is 19.4 Å². The van der Waals surface area contributed by atoms with E-state index in [4.69, 9.17) is 5.11 Å². The van der Waals surface area contributed by atoms with Gasteiger partial charge < -0.3 is 10.0 Å². The minimum absolute atomic E-state index is 0.0625. The Labute approximate surface area is 111 Å². The van der Waals surface area contributed by atoms with Gasteiger partial charge in [0.05, 0.1) is 4.92 Å². The number of nitro groups is 1. The van der Waals surface area contributed by atoms with Gasteiger partial charge in [-0.25, -0.2) is 0 Å². The third-order valence-corrected chi connectivity index (χ3v) is 2.58. The molecule has 1 N–H and O–H groups in total. The number of benzene rings is 1. The summed E-state index contributed by atoms with van der Waals surface area (Å²) in [5.74, 6) is -0.795. The molecule has 0 aliphatic rings. The van der Waals surface area contributed by atoms with Crippen LogP contribution in [0.25, 0.3) is 0 Å². The predicted molar refractivity (Wildman–Crippen MR) is 72.5 cm³/mol. The van der Waals surface area contributed by atoms with Crippen molar-refractivity contribution in [1.29, 1.82) is 0 Å². The number of hydrogen-bond acceptors (Lipinski definition) is 4. The molecule has 0 bridgehead atoms. The molecule has 0 aliphatic heterocycles. The summed E-state index contributed by atoms with van der Waals surface area (Å²) in [5.41, 5.74) is 1.16. The zero-order valence-corrected chi connectivity index (χ0v) is 11.3. The molecule has 0 saturated carbocycles. The molecule has 0 radical (unpaired) electrons. The average molecular weight is 266 g/mol. The van der Waals surface area contributed by atoms with Crippen LogP contribution in [0.5, 0.6) is 0 Å². The molecule has 1 rings (SSSR count). The Bertz CT molecular complexity index is 486. The van der Waals surface area contributed by atoms with Crippen LogP contribution in [0, 0.1) is 23.0 Å². The van der Waals surface area contributed by atoms with Crippen LogP contribution in [-0.4, -0.2) is 29.1 Å². The SMILES string of the molecule is Cc1ccc([N+](=O)[O-])c(N(CC(=O)O)CC(C)C)c1. The van der Waals surface area contributed by atoms with E-state index in [2.05, 4.69) is 0 Å². The number of nitro benzene ring substituents is 1. The van der Waals surface area contributed by atoms with Gasteiger partial charge in [-0.3, -0.25) is 14.9 Å². The van der Waals surface area contributed by atoms with E-state index in [0.717, 1.165) is 5.56 Å². The fraction of sp³-hybridized carbons (Fsp3) is 0.462. The van der Waals surface area contributed by atoms with Crippen molar-refractivity contribution in [2.75, 3.05) is 18.0 Å². The molecular formula is C13H18N2O4. The van der Waals surface area contributed by atoms with Crippen LogP contribution in [0.15, 0.2) is 18.2 Å². The van der Waals surface area contributed by atoms with Gasteiger partial charge in [0.1, 0.15) is 12.2 Å². The molecule has 1 aromatic rings. The van der Waals surface area contributed by atoms with Gasteiger partial charge in [0, 0.05) is 12.6 Å². The number of carboxylic acids is 1. The summed E-state index contributed by atoms with van der Waals surface area (Å²) in [4.78, 5) is 23.0. The first-order valence-electron chi connectivity index (χ1n) is 6.03. The van der Waals surface area contributed by atoms with E-state index in [1.165, 1.54) is 11.0 Å². The second kappa shape index (κ2) is 6.17. The van der Waals surface area contributed by atoms with Gasteiger partial charge in [0.2, 0.25) is 0 Å². The monoisotopic (exact) mass is 266 g/mol. The highest BCUT2D eigenvalue weighted by Crippen LogP contribution is 2.29. The Morgan fingerprint density at radius 2 is 2.11 bits per heavy atom. The molecule has 0 saturated heterocycles. The molecule has 0 spiro atoms.